The fourth-order valence-corrected chi connectivity index (χ4v) is 5.79. The topological polar surface area (TPSA) is 107 Å². The average Bonchev–Trinajstić information content (AvgIpc) is 3.30. The van der Waals surface area contributed by atoms with E-state index in [4.69, 9.17) is 10.1 Å². The van der Waals surface area contributed by atoms with Gasteiger partial charge in [0.2, 0.25) is 0 Å². The van der Waals surface area contributed by atoms with Gasteiger partial charge in [0.25, 0.3) is 11.8 Å². The van der Waals surface area contributed by atoms with Crippen molar-refractivity contribution in [3.05, 3.63) is 57.7 Å². The molecular formula is C29H39N5O3S. The van der Waals surface area contributed by atoms with Gasteiger partial charge in [0, 0.05) is 17.8 Å². The lowest BCUT2D eigenvalue weighted by molar-refractivity contribution is 0.0931. The largest absolute Gasteiger partial charge is 0.395 e. The summed E-state index contributed by atoms with van der Waals surface area (Å²) in [4.78, 5) is 38.3. The Morgan fingerprint density at radius 2 is 1.97 bits per heavy atom. The van der Waals surface area contributed by atoms with Gasteiger partial charge in [-0.2, -0.15) is 0 Å². The van der Waals surface area contributed by atoms with Gasteiger partial charge < -0.3 is 20.6 Å². The van der Waals surface area contributed by atoms with Crippen LogP contribution in [0.3, 0.4) is 0 Å². The minimum Gasteiger partial charge on any atom is -0.395 e. The number of carbonyl (C=O) groups is 2. The first-order valence-electron chi connectivity index (χ1n) is 13.3. The number of hydrogen-bond acceptors (Lipinski definition) is 7. The highest BCUT2D eigenvalue weighted by Crippen LogP contribution is 2.38. The molecule has 204 valence electrons. The maximum absolute atomic E-state index is 13.4. The Morgan fingerprint density at radius 1 is 1.18 bits per heavy atom. The Balaban J connectivity index is 1.56. The summed E-state index contributed by atoms with van der Waals surface area (Å²) in [6, 6.07) is 9.09. The molecule has 3 aromatic rings. The van der Waals surface area contributed by atoms with Crippen molar-refractivity contribution < 1.29 is 14.7 Å². The number of thiazole rings is 1. The van der Waals surface area contributed by atoms with Crippen molar-refractivity contribution in [2.75, 3.05) is 33.8 Å². The summed E-state index contributed by atoms with van der Waals surface area (Å²) in [5, 5.41) is 15.2. The quantitative estimate of drug-likeness (QED) is 0.381. The van der Waals surface area contributed by atoms with E-state index in [-0.39, 0.29) is 36.4 Å². The van der Waals surface area contributed by atoms with E-state index in [9.17, 15) is 9.59 Å². The minimum absolute atomic E-state index is 0.121. The summed E-state index contributed by atoms with van der Waals surface area (Å²) in [6.45, 7) is 7.71. The number of pyridine rings is 1. The second kappa shape index (κ2) is 11.9. The first kappa shape index (κ1) is 28.1. The molecule has 1 aliphatic rings. The van der Waals surface area contributed by atoms with Crippen LogP contribution >= 0.6 is 11.3 Å². The van der Waals surface area contributed by atoms with Crippen LogP contribution in [0.5, 0.6) is 0 Å². The number of amides is 2. The lowest BCUT2D eigenvalue weighted by atomic mass is 9.71. The predicted octanol–water partition coefficient (Wildman–Crippen LogP) is 3.99. The van der Waals surface area contributed by atoms with E-state index < -0.39 is 0 Å². The summed E-state index contributed by atoms with van der Waals surface area (Å²) in [6.07, 6.45) is 3.76. The molecule has 1 unspecified atom stereocenters. The first-order valence-corrected chi connectivity index (χ1v) is 14.1. The highest BCUT2D eigenvalue weighted by Gasteiger charge is 2.30. The molecular weight excluding hydrogens is 498 g/mol. The van der Waals surface area contributed by atoms with Crippen molar-refractivity contribution in [3.8, 4) is 0 Å². The third kappa shape index (κ3) is 6.76. The average molecular weight is 538 g/mol. The molecule has 0 aliphatic heterocycles. The van der Waals surface area contributed by atoms with Gasteiger partial charge in [-0.05, 0) is 87.0 Å². The number of aliphatic hydroxyl groups is 1. The molecule has 38 heavy (non-hydrogen) atoms. The summed E-state index contributed by atoms with van der Waals surface area (Å²) < 4.78 is 0. The third-order valence-electron chi connectivity index (χ3n) is 7.29. The second-order valence-corrected chi connectivity index (χ2v) is 12.4. The number of nitrogens with zero attached hydrogens (tertiary/aromatic N) is 3. The van der Waals surface area contributed by atoms with Crippen LogP contribution < -0.4 is 10.6 Å². The van der Waals surface area contributed by atoms with Crippen LogP contribution in [0.1, 0.15) is 76.6 Å². The zero-order chi connectivity index (χ0) is 27.4. The van der Waals surface area contributed by atoms with E-state index in [1.165, 1.54) is 16.9 Å². The monoisotopic (exact) mass is 537 g/mol. The Bertz CT molecular complexity index is 1300. The van der Waals surface area contributed by atoms with Crippen LogP contribution in [0.4, 0.5) is 0 Å². The lowest BCUT2D eigenvalue weighted by Crippen LogP contribution is -2.31. The van der Waals surface area contributed by atoms with E-state index in [1.54, 1.807) is 12.1 Å². The molecule has 2 aromatic heterocycles. The number of benzene rings is 1. The number of aryl methyl sites for hydroxylation is 1. The first-order chi connectivity index (χ1) is 18.0. The van der Waals surface area contributed by atoms with Crippen molar-refractivity contribution >= 4 is 33.5 Å². The van der Waals surface area contributed by atoms with Crippen LogP contribution in [-0.4, -0.2) is 65.6 Å². The highest BCUT2D eigenvalue weighted by atomic mass is 32.1. The molecule has 2 atom stereocenters. The van der Waals surface area contributed by atoms with Gasteiger partial charge in [-0.25, -0.2) is 9.97 Å². The molecule has 0 fully saturated rings. The standard InChI is InChI=1S/C29H39N5O3S/c1-29(2,3)21-9-10-22-20(16-21)17-24-27(32-22)38-28(33-24)26(37)31-23(11-13-34(4)5)18-7-6-8-19(15-18)25(36)30-12-14-35/h6-8,15,17,21,23,35H,9-14,16H2,1-5H3,(H,30,36)(H,31,37)/t21-,23?/m0/s1. The minimum atomic E-state index is -0.295. The van der Waals surface area contributed by atoms with E-state index in [1.807, 2.05) is 26.2 Å². The van der Waals surface area contributed by atoms with Gasteiger partial charge in [0.05, 0.1) is 12.6 Å². The summed E-state index contributed by atoms with van der Waals surface area (Å²) in [5.41, 5.74) is 4.75. The van der Waals surface area contributed by atoms with Crippen LogP contribution in [-0.2, 0) is 12.8 Å². The van der Waals surface area contributed by atoms with E-state index in [0.29, 0.717) is 22.9 Å². The zero-order valence-electron chi connectivity index (χ0n) is 23.0. The number of nitrogens with one attached hydrogen (secondary N) is 2. The predicted molar refractivity (Wildman–Crippen MR) is 152 cm³/mol. The van der Waals surface area contributed by atoms with Crippen molar-refractivity contribution in [1.29, 1.82) is 0 Å². The molecule has 0 saturated heterocycles. The van der Waals surface area contributed by atoms with Gasteiger partial charge in [0.15, 0.2) is 5.01 Å². The Kier molecular flexibility index (Phi) is 8.80. The van der Waals surface area contributed by atoms with E-state index in [2.05, 4.69) is 47.4 Å². The molecule has 0 spiro atoms. The second-order valence-electron chi connectivity index (χ2n) is 11.5. The van der Waals surface area contributed by atoms with Crippen molar-refractivity contribution in [2.45, 2.75) is 52.5 Å². The summed E-state index contributed by atoms with van der Waals surface area (Å²) in [5.74, 6) is 0.112. The highest BCUT2D eigenvalue weighted by molar-refractivity contribution is 7.19. The maximum atomic E-state index is 13.4. The normalized spacial score (nSPS) is 16.3. The van der Waals surface area contributed by atoms with Crippen LogP contribution in [0.15, 0.2) is 30.3 Å². The van der Waals surface area contributed by atoms with Gasteiger partial charge in [-0.3, -0.25) is 9.59 Å². The number of aliphatic hydroxyl groups excluding tert-OH is 1. The molecule has 0 saturated carbocycles. The van der Waals surface area contributed by atoms with E-state index in [0.717, 1.165) is 47.4 Å². The van der Waals surface area contributed by atoms with Gasteiger partial charge in [-0.15, -0.1) is 0 Å². The van der Waals surface area contributed by atoms with Crippen molar-refractivity contribution in [1.82, 2.24) is 25.5 Å². The zero-order valence-corrected chi connectivity index (χ0v) is 23.8. The molecule has 0 radical (unpaired) electrons. The van der Waals surface area contributed by atoms with Crippen molar-refractivity contribution in [2.24, 2.45) is 11.3 Å². The third-order valence-corrected chi connectivity index (χ3v) is 8.25. The number of rotatable bonds is 9. The van der Waals surface area contributed by atoms with Crippen molar-refractivity contribution in [3.63, 3.8) is 0 Å². The molecule has 9 heteroatoms. The number of hydrogen-bond donors (Lipinski definition) is 3. The molecule has 3 N–H and O–H groups in total. The molecule has 2 heterocycles. The fraction of sp³-hybridized carbons (Fsp3) is 0.517. The summed E-state index contributed by atoms with van der Waals surface area (Å²) >= 11 is 1.33. The Hall–Kier alpha value is -2.88. The smallest absolute Gasteiger partial charge is 0.280 e. The molecule has 1 aromatic carbocycles. The fourth-order valence-electron chi connectivity index (χ4n) is 4.95. The number of fused-ring (bicyclic) bond motifs is 2. The number of carbonyl (C=O) groups excluding carboxylic acids is 2. The van der Waals surface area contributed by atoms with Crippen LogP contribution in [0, 0.1) is 11.3 Å². The van der Waals surface area contributed by atoms with Crippen LogP contribution in [0.25, 0.3) is 10.3 Å². The van der Waals surface area contributed by atoms with E-state index >= 15 is 0 Å². The molecule has 2 amide bonds. The molecule has 8 nitrogen and oxygen atoms in total. The SMILES string of the molecule is CN(C)CCC(NC(=O)c1nc2cc3c(nc2s1)CC[C@H](C(C)(C)C)C3)c1cccc(C(=O)NCCO)c1. The Morgan fingerprint density at radius 3 is 2.68 bits per heavy atom. The molecule has 4 rings (SSSR count). The lowest BCUT2D eigenvalue weighted by Gasteiger charge is -2.34. The van der Waals surface area contributed by atoms with Crippen LogP contribution in [0.2, 0.25) is 0 Å². The van der Waals surface area contributed by atoms with Gasteiger partial charge in [0.1, 0.15) is 10.3 Å². The van der Waals surface area contributed by atoms with Gasteiger partial charge in [-0.1, -0.05) is 44.2 Å². The Labute approximate surface area is 228 Å². The van der Waals surface area contributed by atoms with Gasteiger partial charge >= 0.3 is 0 Å². The number of aromatic nitrogens is 2. The maximum Gasteiger partial charge on any atom is 0.280 e. The summed E-state index contributed by atoms with van der Waals surface area (Å²) in [7, 11) is 3.98. The molecule has 0 bridgehead atoms. The molecule has 1 aliphatic carbocycles.